The molecule has 3 rings (SSSR count). The van der Waals surface area contributed by atoms with Crippen LogP contribution in [0.3, 0.4) is 0 Å². The first-order valence-corrected chi connectivity index (χ1v) is 8.69. The number of piperidine rings is 1. The third-order valence-corrected chi connectivity index (χ3v) is 5.01. The highest BCUT2D eigenvalue weighted by atomic mass is 32.2. The van der Waals surface area contributed by atoms with E-state index >= 15 is 0 Å². The lowest BCUT2D eigenvalue weighted by Gasteiger charge is -2.27. The average molecular weight is 335 g/mol. The number of nitrogens with two attached hydrogens (primary N) is 1. The molecule has 0 aliphatic carbocycles. The molecular formula is C15H21N5O2S. The number of amides is 1. The minimum Gasteiger partial charge on any atom is -0.467 e. The van der Waals surface area contributed by atoms with Gasteiger partial charge in [0.2, 0.25) is 11.9 Å². The molecule has 0 radical (unpaired) electrons. The molecule has 1 fully saturated rings. The highest BCUT2D eigenvalue weighted by molar-refractivity contribution is 8.00. The molecule has 1 amide bonds. The predicted molar refractivity (Wildman–Crippen MR) is 88.4 cm³/mol. The van der Waals surface area contributed by atoms with Gasteiger partial charge in [-0.1, -0.05) is 11.8 Å². The molecule has 3 heterocycles. The zero-order chi connectivity index (χ0) is 16.2. The van der Waals surface area contributed by atoms with E-state index in [0.29, 0.717) is 11.7 Å². The lowest BCUT2D eigenvalue weighted by molar-refractivity contribution is -0.117. The summed E-state index contributed by atoms with van der Waals surface area (Å²) >= 11 is 1.33. The van der Waals surface area contributed by atoms with Gasteiger partial charge in [0.05, 0.1) is 18.1 Å². The van der Waals surface area contributed by atoms with E-state index in [2.05, 4.69) is 15.1 Å². The van der Waals surface area contributed by atoms with Gasteiger partial charge in [0.25, 0.3) is 0 Å². The van der Waals surface area contributed by atoms with E-state index in [-0.39, 0.29) is 11.2 Å². The van der Waals surface area contributed by atoms with Crippen LogP contribution >= 0.6 is 11.8 Å². The van der Waals surface area contributed by atoms with Crippen LogP contribution < -0.4 is 10.6 Å². The largest absolute Gasteiger partial charge is 0.467 e. The third kappa shape index (κ3) is 3.69. The summed E-state index contributed by atoms with van der Waals surface area (Å²) in [6.07, 6.45) is 5.23. The van der Waals surface area contributed by atoms with Crippen LogP contribution in [0.5, 0.6) is 0 Å². The summed E-state index contributed by atoms with van der Waals surface area (Å²) in [6, 6.07) is 3.78. The van der Waals surface area contributed by atoms with Gasteiger partial charge in [-0.2, -0.15) is 0 Å². The highest BCUT2D eigenvalue weighted by Crippen LogP contribution is 2.28. The van der Waals surface area contributed by atoms with E-state index in [9.17, 15) is 4.79 Å². The van der Waals surface area contributed by atoms with Gasteiger partial charge in [0.1, 0.15) is 5.76 Å². The summed E-state index contributed by atoms with van der Waals surface area (Å²) in [5.41, 5.74) is 5.37. The smallest absolute Gasteiger partial charge is 0.230 e. The van der Waals surface area contributed by atoms with E-state index in [0.717, 1.165) is 37.6 Å². The van der Waals surface area contributed by atoms with Crippen LogP contribution in [0, 0.1) is 0 Å². The average Bonchev–Trinajstić information content (AvgIpc) is 3.19. The van der Waals surface area contributed by atoms with E-state index < -0.39 is 0 Å². The topological polar surface area (TPSA) is 90.2 Å². The van der Waals surface area contributed by atoms with Crippen molar-refractivity contribution in [1.82, 2.24) is 14.8 Å². The lowest BCUT2D eigenvalue weighted by Crippen LogP contribution is -2.32. The van der Waals surface area contributed by atoms with Crippen molar-refractivity contribution < 1.29 is 9.21 Å². The second kappa shape index (κ2) is 7.08. The van der Waals surface area contributed by atoms with E-state index in [1.54, 1.807) is 13.2 Å². The number of primary amides is 1. The predicted octanol–water partition coefficient (Wildman–Crippen LogP) is 1.88. The number of anilines is 1. The summed E-state index contributed by atoms with van der Waals surface area (Å²) in [5.74, 6) is 1.30. The van der Waals surface area contributed by atoms with Gasteiger partial charge >= 0.3 is 0 Å². The molecule has 2 aromatic heterocycles. The Morgan fingerprint density at radius 1 is 1.39 bits per heavy atom. The minimum atomic E-state index is -0.359. The molecule has 2 N–H and O–H groups in total. The van der Waals surface area contributed by atoms with Gasteiger partial charge < -0.3 is 15.1 Å². The molecule has 1 saturated heterocycles. The van der Waals surface area contributed by atoms with Gasteiger partial charge in [-0.15, -0.1) is 10.2 Å². The molecule has 0 saturated carbocycles. The zero-order valence-corrected chi connectivity index (χ0v) is 14.0. The molecule has 7 nitrogen and oxygen atoms in total. The fraction of sp³-hybridized carbons (Fsp3) is 0.533. The molecule has 0 bridgehead atoms. The Balaban J connectivity index is 1.88. The van der Waals surface area contributed by atoms with Crippen molar-refractivity contribution >= 4 is 23.6 Å². The van der Waals surface area contributed by atoms with Gasteiger partial charge in [-0.3, -0.25) is 9.36 Å². The van der Waals surface area contributed by atoms with Gasteiger partial charge in [-0.05, 0) is 38.3 Å². The molecule has 8 heteroatoms. The Morgan fingerprint density at radius 3 is 2.83 bits per heavy atom. The number of carbonyl (C=O) groups excluding carboxylic acids is 1. The maximum atomic E-state index is 11.4. The van der Waals surface area contributed by atoms with Crippen molar-refractivity contribution in [3.05, 3.63) is 24.2 Å². The molecule has 124 valence electrons. The number of nitrogens with zero attached hydrogens (tertiary/aromatic N) is 4. The third-order valence-electron chi connectivity index (χ3n) is 3.91. The Hall–Kier alpha value is -1.96. The van der Waals surface area contributed by atoms with Crippen LogP contribution in [-0.2, 0) is 11.3 Å². The Bertz CT molecular complexity index is 649. The molecule has 0 aromatic carbocycles. The van der Waals surface area contributed by atoms with E-state index in [1.807, 2.05) is 16.7 Å². The zero-order valence-electron chi connectivity index (χ0n) is 13.1. The van der Waals surface area contributed by atoms with Crippen LogP contribution in [0.15, 0.2) is 28.0 Å². The number of furan rings is 1. The van der Waals surface area contributed by atoms with Gasteiger partial charge in [0.15, 0.2) is 5.16 Å². The van der Waals surface area contributed by atoms with Gasteiger partial charge in [0, 0.05) is 13.1 Å². The van der Waals surface area contributed by atoms with Crippen LogP contribution in [-0.4, -0.2) is 39.0 Å². The Kier molecular flexibility index (Phi) is 4.90. The normalized spacial score (nSPS) is 16.5. The Morgan fingerprint density at radius 2 is 2.17 bits per heavy atom. The van der Waals surface area contributed by atoms with Crippen molar-refractivity contribution in [1.29, 1.82) is 0 Å². The standard InChI is InChI=1S/C15H21N5O2S/c1-11(13(16)21)23-15-18-17-14(19-7-3-2-4-8-19)20(15)10-12-6-5-9-22-12/h5-6,9,11H,2-4,7-8,10H2,1H3,(H2,16,21). The van der Waals surface area contributed by atoms with E-state index in [1.165, 1.54) is 18.2 Å². The molecule has 23 heavy (non-hydrogen) atoms. The van der Waals surface area contributed by atoms with Crippen molar-refractivity contribution in [2.45, 2.75) is 43.1 Å². The summed E-state index contributed by atoms with van der Waals surface area (Å²) in [7, 11) is 0. The lowest BCUT2D eigenvalue weighted by atomic mass is 10.1. The number of carbonyl (C=O) groups is 1. The number of rotatable bonds is 6. The molecular weight excluding hydrogens is 314 g/mol. The second-order valence-corrected chi connectivity index (χ2v) is 6.97. The summed E-state index contributed by atoms with van der Waals surface area (Å²) < 4.78 is 7.47. The molecule has 1 atom stereocenters. The molecule has 1 aliphatic rings. The molecule has 1 unspecified atom stereocenters. The van der Waals surface area contributed by atoms with Crippen molar-refractivity contribution in [3.8, 4) is 0 Å². The maximum absolute atomic E-state index is 11.4. The summed E-state index contributed by atoms with van der Waals surface area (Å²) in [6.45, 7) is 4.28. The van der Waals surface area contributed by atoms with E-state index in [4.69, 9.17) is 10.2 Å². The first kappa shape index (κ1) is 15.9. The second-order valence-electron chi connectivity index (χ2n) is 5.66. The van der Waals surface area contributed by atoms with Crippen molar-refractivity contribution in [2.24, 2.45) is 5.73 Å². The maximum Gasteiger partial charge on any atom is 0.230 e. The fourth-order valence-electron chi connectivity index (χ4n) is 2.61. The number of thioether (sulfide) groups is 1. The fourth-order valence-corrected chi connectivity index (χ4v) is 3.40. The number of hydrogen-bond acceptors (Lipinski definition) is 6. The molecule has 1 aliphatic heterocycles. The quantitative estimate of drug-likeness (QED) is 0.811. The molecule has 2 aromatic rings. The first-order valence-electron chi connectivity index (χ1n) is 7.81. The van der Waals surface area contributed by atoms with Crippen LogP contribution in [0.25, 0.3) is 0 Å². The highest BCUT2D eigenvalue weighted by Gasteiger charge is 2.23. The van der Waals surface area contributed by atoms with Gasteiger partial charge in [-0.25, -0.2) is 0 Å². The van der Waals surface area contributed by atoms with Crippen molar-refractivity contribution in [2.75, 3.05) is 18.0 Å². The minimum absolute atomic E-state index is 0.358. The number of aromatic nitrogens is 3. The summed E-state index contributed by atoms with van der Waals surface area (Å²) in [4.78, 5) is 13.6. The Labute approximate surface area is 139 Å². The van der Waals surface area contributed by atoms with Crippen LogP contribution in [0.4, 0.5) is 5.95 Å². The SMILES string of the molecule is CC(Sc1nnc(N2CCCCC2)n1Cc1ccco1)C(N)=O. The van der Waals surface area contributed by atoms with Crippen LogP contribution in [0.1, 0.15) is 31.9 Å². The first-order chi connectivity index (χ1) is 11.1. The van der Waals surface area contributed by atoms with Crippen LogP contribution in [0.2, 0.25) is 0 Å². The number of hydrogen-bond donors (Lipinski definition) is 1. The molecule has 0 spiro atoms. The monoisotopic (exact) mass is 335 g/mol. The van der Waals surface area contributed by atoms with Crippen molar-refractivity contribution in [3.63, 3.8) is 0 Å². The summed E-state index contributed by atoms with van der Waals surface area (Å²) in [5, 5.41) is 8.97.